The Kier molecular flexibility index (Phi) is 3.94. The number of hydrogen-bond donors (Lipinski definition) is 2. The molecule has 0 unspecified atom stereocenters. The number of carbonyl (C=O) groups is 1. The maximum Gasteiger partial charge on any atom is 0.224 e. The van der Waals surface area contributed by atoms with E-state index >= 15 is 0 Å². The Hall–Kier alpha value is -1.85. The second kappa shape index (κ2) is 5.87. The first-order valence-electron chi connectivity index (χ1n) is 6.88. The number of amides is 1. The van der Waals surface area contributed by atoms with Crippen LogP contribution in [0.25, 0.3) is 0 Å². The van der Waals surface area contributed by atoms with Crippen LogP contribution in [0.4, 0.5) is 0 Å². The fraction of sp³-hybridized carbons (Fsp3) is 0.333. The summed E-state index contributed by atoms with van der Waals surface area (Å²) in [6, 6.07) is 7.75. The molecule has 0 aliphatic carbocycles. The van der Waals surface area contributed by atoms with E-state index in [0.717, 1.165) is 11.4 Å². The Bertz CT molecular complexity index is 611. The molecule has 5 nitrogen and oxygen atoms in total. The van der Waals surface area contributed by atoms with Gasteiger partial charge in [-0.2, -0.15) is 0 Å². The van der Waals surface area contributed by atoms with Gasteiger partial charge in [0.25, 0.3) is 0 Å². The normalized spacial score (nSPS) is 22.0. The second-order valence-corrected chi connectivity index (χ2v) is 5.66. The highest BCUT2D eigenvalue weighted by molar-refractivity contribution is 6.30. The van der Waals surface area contributed by atoms with Crippen molar-refractivity contribution in [2.45, 2.75) is 25.0 Å². The fourth-order valence-corrected chi connectivity index (χ4v) is 2.92. The molecule has 1 aliphatic heterocycles. The Labute approximate surface area is 128 Å². The predicted molar refractivity (Wildman–Crippen MR) is 80.8 cm³/mol. The first-order chi connectivity index (χ1) is 10.1. The number of H-pyrrole nitrogens is 1. The van der Waals surface area contributed by atoms with Crippen molar-refractivity contribution in [3.8, 4) is 0 Å². The minimum Gasteiger partial charge on any atom is -0.348 e. The molecule has 0 radical (unpaired) electrons. The standard InChI is InChI=1S/C15H17ClN4O/c1-20-14(21)8-12(19-9-13-17-6-7-18-13)15(20)10-2-4-11(16)5-3-10/h2-7,12,15,19H,8-9H2,1H3,(H,17,18)/t12-,15+/m0/s1. The summed E-state index contributed by atoms with van der Waals surface area (Å²) in [5.41, 5.74) is 1.09. The number of likely N-dealkylation sites (tertiary alicyclic amines) is 1. The smallest absolute Gasteiger partial charge is 0.224 e. The molecular formula is C15H17ClN4O. The van der Waals surface area contributed by atoms with Crippen molar-refractivity contribution in [2.24, 2.45) is 0 Å². The van der Waals surface area contributed by atoms with Crippen molar-refractivity contribution in [2.75, 3.05) is 7.05 Å². The quantitative estimate of drug-likeness (QED) is 0.909. The van der Waals surface area contributed by atoms with Crippen molar-refractivity contribution in [3.05, 3.63) is 53.1 Å². The van der Waals surface area contributed by atoms with Crippen LogP contribution in [0.5, 0.6) is 0 Å². The van der Waals surface area contributed by atoms with Gasteiger partial charge in [-0.05, 0) is 17.7 Å². The second-order valence-electron chi connectivity index (χ2n) is 5.23. The SMILES string of the molecule is CN1C(=O)C[C@H](NCc2ncc[nH]2)[C@H]1c1ccc(Cl)cc1. The molecule has 2 heterocycles. The van der Waals surface area contributed by atoms with Crippen molar-refractivity contribution >= 4 is 17.5 Å². The molecule has 6 heteroatoms. The summed E-state index contributed by atoms with van der Waals surface area (Å²) in [5, 5.41) is 4.12. The number of rotatable bonds is 4. The molecule has 1 aromatic heterocycles. The molecule has 0 saturated carbocycles. The summed E-state index contributed by atoms with van der Waals surface area (Å²) in [6.45, 7) is 0.614. The fourth-order valence-electron chi connectivity index (χ4n) is 2.79. The van der Waals surface area contributed by atoms with Gasteiger partial charge in [0.05, 0.1) is 12.6 Å². The number of carbonyl (C=O) groups excluding carboxylic acids is 1. The molecule has 1 amide bonds. The summed E-state index contributed by atoms with van der Waals surface area (Å²) >= 11 is 5.94. The molecule has 2 N–H and O–H groups in total. The number of aromatic amines is 1. The largest absolute Gasteiger partial charge is 0.348 e. The average molecular weight is 305 g/mol. The number of nitrogens with zero attached hydrogens (tertiary/aromatic N) is 2. The number of likely N-dealkylation sites (N-methyl/N-ethyl adjacent to an activating group) is 1. The molecule has 1 saturated heterocycles. The molecule has 3 rings (SSSR count). The number of aromatic nitrogens is 2. The van der Waals surface area contributed by atoms with Gasteiger partial charge in [0.2, 0.25) is 5.91 Å². The van der Waals surface area contributed by atoms with Gasteiger partial charge in [-0.15, -0.1) is 0 Å². The van der Waals surface area contributed by atoms with Gasteiger partial charge in [0, 0.05) is 36.9 Å². The molecule has 110 valence electrons. The van der Waals surface area contributed by atoms with Crippen LogP contribution >= 0.6 is 11.6 Å². The summed E-state index contributed by atoms with van der Waals surface area (Å²) in [6.07, 6.45) is 4.00. The molecular weight excluding hydrogens is 288 g/mol. The Morgan fingerprint density at radius 1 is 1.43 bits per heavy atom. The third-order valence-electron chi connectivity index (χ3n) is 3.88. The van der Waals surface area contributed by atoms with Gasteiger partial charge in [0.15, 0.2) is 0 Å². The van der Waals surface area contributed by atoms with Gasteiger partial charge in [0.1, 0.15) is 5.82 Å². The molecule has 2 atom stereocenters. The zero-order valence-corrected chi connectivity index (χ0v) is 12.5. The third-order valence-corrected chi connectivity index (χ3v) is 4.14. The first-order valence-corrected chi connectivity index (χ1v) is 7.25. The summed E-state index contributed by atoms with van der Waals surface area (Å²) in [5.74, 6) is 1.01. The topological polar surface area (TPSA) is 61.0 Å². The maximum atomic E-state index is 12.0. The van der Waals surface area contributed by atoms with Gasteiger partial charge >= 0.3 is 0 Å². The third kappa shape index (κ3) is 2.94. The number of hydrogen-bond acceptors (Lipinski definition) is 3. The van der Waals surface area contributed by atoms with E-state index in [1.54, 1.807) is 17.3 Å². The lowest BCUT2D eigenvalue weighted by Gasteiger charge is -2.26. The minimum atomic E-state index is 0.0183. The van der Waals surface area contributed by atoms with Crippen LogP contribution in [0.15, 0.2) is 36.7 Å². The maximum absolute atomic E-state index is 12.0. The molecule has 1 aromatic carbocycles. The highest BCUT2D eigenvalue weighted by atomic mass is 35.5. The van der Waals surface area contributed by atoms with Crippen molar-refractivity contribution in [3.63, 3.8) is 0 Å². The Morgan fingerprint density at radius 2 is 2.19 bits per heavy atom. The number of benzene rings is 1. The zero-order chi connectivity index (χ0) is 14.8. The van der Waals surface area contributed by atoms with Crippen LogP contribution < -0.4 is 5.32 Å². The lowest BCUT2D eigenvalue weighted by atomic mass is 10.0. The average Bonchev–Trinajstić information content (AvgIpc) is 3.08. The van der Waals surface area contributed by atoms with Crippen molar-refractivity contribution in [1.82, 2.24) is 20.2 Å². The highest BCUT2D eigenvalue weighted by Crippen LogP contribution is 2.32. The van der Waals surface area contributed by atoms with E-state index in [2.05, 4.69) is 15.3 Å². The van der Waals surface area contributed by atoms with E-state index in [-0.39, 0.29) is 18.0 Å². The molecule has 1 aliphatic rings. The van der Waals surface area contributed by atoms with Crippen molar-refractivity contribution in [1.29, 1.82) is 0 Å². The Balaban J connectivity index is 1.77. The van der Waals surface area contributed by atoms with E-state index in [1.165, 1.54) is 0 Å². The molecule has 21 heavy (non-hydrogen) atoms. The van der Waals surface area contributed by atoms with E-state index < -0.39 is 0 Å². The van der Waals surface area contributed by atoms with Crippen LogP contribution in [0.1, 0.15) is 23.9 Å². The zero-order valence-electron chi connectivity index (χ0n) is 11.7. The van der Waals surface area contributed by atoms with Gasteiger partial charge in [-0.25, -0.2) is 4.98 Å². The van der Waals surface area contributed by atoms with Gasteiger partial charge < -0.3 is 15.2 Å². The lowest BCUT2D eigenvalue weighted by Crippen LogP contribution is -2.35. The van der Waals surface area contributed by atoms with Crippen LogP contribution in [0.2, 0.25) is 5.02 Å². The van der Waals surface area contributed by atoms with Crippen LogP contribution in [0, 0.1) is 0 Å². The van der Waals surface area contributed by atoms with Crippen LogP contribution in [-0.2, 0) is 11.3 Å². The Morgan fingerprint density at radius 3 is 2.86 bits per heavy atom. The number of imidazole rings is 1. The number of halogens is 1. The van der Waals surface area contributed by atoms with E-state index in [1.807, 2.05) is 31.3 Å². The van der Waals surface area contributed by atoms with Crippen LogP contribution in [-0.4, -0.2) is 33.9 Å². The monoisotopic (exact) mass is 304 g/mol. The molecule has 2 aromatic rings. The predicted octanol–water partition coefficient (Wildman–Crippen LogP) is 2.12. The van der Waals surface area contributed by atoms with Crippen molar-refractivity contribution < 1.29 is 4.79 Å². The van der Waals surface area contributed by atoms with E-state index in [4.69, 9.17) is 11.6 Å². The first kappa shape index (κ1) is 14.1. The summed E-state index contributed by atoms with van der Waals surface area (Å²) < 4.78 is 0. The molecule has 0 spiro atoms. The van der Waals surface area contributed by atoms with E-state index in [0.29, 0.717) is 18.0 Å². The molecule has 1 fully saturated rings. The summed E-state index contributed by atoms with van der Waals surface area (Å²) in [7, 11) is 1.84. The van der Waals surface area contributed by atoms with E-state index in [9.17, 15) is 4.79 Å². The highest BCUT2D eigenvalue weighted by Gasteiger charge is 2.38. The lowest BCUT2D eigenvalue weighted by molar-refractivity contribution is -0.127. The van der Waals surface area contributed by atoms with Gasteiger partial charge in [-0.1, -0.05) is 23.7 Å². The van der Waals surface area contributed by atoms with Crippen LogP contribution in [0.3, 0.4) is 0 Å². The van der Waals surface area contributed by atoms with Gasteiger partial charge in [-0.3, -0.25) is 4.79 Å². The summed E-state index contributed by atoms with van der Waals surface area (Å²) in [4.78, 5) is 21.1. The minimum absolute atomic E-state index is 0.0183. The number of nitrogens with one attached hydrogen (secondary N) is 2. The molecule has 0 bridgehead atoms.